The fourth-order valence-electron chi connectivity index (χ4n) is 1.83. The van der Waals surface area contributed by atoms with Crippen molar-refractivity contribution in [3.63, 3.8) is 0 Å². The summed E-state index contributed by atoms with van der Waals surface area (Å²) in [6.07, 6.45) is 3.55. The maximum atomic E-state index is 5.21. The topological polar surface area (TPSA) is 46.5 Å². The highest BCUT2D eigenvalue weighted by Crippen LogP contribution is 2.10. The Morgan fingerprint density at radius 1 is 1.35 bits per heavy atom. The number of aromatic amines is 1. The lowest BCUT2D eigenvalue weighted by atomic mass is 10.2. The maximum Gasteiger partial charge on any atom is 0.195 e. The molecule has 0 aliphatic carbocycles. The third kappa shape index (κ3) is 2.79. The maximum absolute atomic E-state index is 5.21. The Kier molecular flexibility index (Phi) is 3.68. The standard InChI is InChI=1S/C12H16N4S/c1-9(2)16-11(14-15-12(16)17)7-6-10-5-3-4-8-13-10/h3-5,8-9H,6-7H2,1-2H3,(H,15,17). The van der Waals surface area contributed by atoms with Crippen molar-refractivity contribution in [1.82, 2.24) is 19.7 Å². The third-order valence-corrected chi connectivity index (χ3v) is 2.91. The average Bonchev–Trinajstić information content (AvgIpc) is 2.69. The fourth-order valence-corrected chi connectivity index (χ4v) is 2.19. The van der Waals surface area contributed by atoms with Crippen LogP contribution < -0.4 is 0 Å². The first-order chi connectivity index (χ1) is 8.18. The van der Waals surface area contributed by atoms with Crippen LogP contribution in [0.4, 0.5) is 0 Å². The lowest BCUT2D eigenvalue weighted by Crippen LogP contribution is -2.08. The van der Waals surface area contributed by atoms with Crippen molar-refractivity contribution in [2.75, 3.05) is 0 Å². The van der Waals surface area contributed by atoms with Crippen LogP contribution in [0.3, 0.4) is 0 Å². The summed E-state index contributed by atoms with van der Waals surface area (Å²) in [4.78, 5) is 4.30. The molecule has 0 saturated heterocycles. The van der Waals surface area contributed by atoms with Crippen LogP contribution in [0, 0.1) is 4.77 Å². The molecule has 0 bridgehead atoms. The molecule has 0 unspecified atom stereocenters. The van der Waals surface area contributed by atoms with Gasteiger partial charge in [-0.3, -0.25) is 10.1 Å². The Hall–Kier alpha value is -1.49. The van der Waals surface area contributed by atoms with Gasteiger partial charge in [0.25, 0.3) is 0 Å². The summed E-state index contributed by atoms with van der Waals surface area (Å²) >= 11 is 5.21. The van der Waals surface area contributed by atoms with E-state index in [4.69, 9.17) is 12.2 Å². The SMILES string of the molecule is CC(C)n1c(CCc2ccccn2)n[nH]c1=S. The molecule has 1 N–H and O–H groups in total. The van der Waals surface area contributed by atoms with Crippen LogP contribution in [0.1, 0.15) is 31.4 Å². The molecule has 0 spiro atoms. The Bertz CT molecular complexity index is 527. The van der Waals surface area contributed by atoms with Gasteiger partial charge in [-0.15, -0.1) is 0 Å². The molecule has 0 amide bonds. The van der Waals surface area contributed by atoms with Gasteiger partial charge in [-0.05, 0) is 44.6 Å². The first-order valence-corrected chi connectivity index (χ1v) is 6.15. The summed E-state index contributed by atoms with van der Waals surface area (Å²) in [6, 6.07) is 6.29. The molecule has 0 aliphatic heterocycles. The van der Waals surface area contributed by atoms with Crippen molar-refractivity contribution < 1.29 is 0 Å². The van der Waals surface area contributed by atoms with E-state index in [1.54, 1.807) is 0 Å². The monoisotopic (exact) mass is 248 g/mol. The second kappa shape index (κ2) is 5.23. The molecule has 2 heterocycles. The highest BCUT2D eigenvalue weighted by Gasteiger charge is 2.09. The van der Waals surface area contributed by atoms with Crippen LogP contribution in [-0.2, 0) is 12.8 Å². The number of H-pyrrole nitrogens is 1. The molecule has 0 atom stereocenters. The van der Waals surface area contributed by atoms with Crippen molar-refractivity contribution in [3.05, 3.63) is 40.7 Å². The lowest BCUT2D eigenvalue weighted by Gasteiger charge is -2.09. The Balaban J connectivity index is 2.12. The second-order valence-corrected chi connectivity index (χ2v) is 4.62. The molecule has 0 radical (unpaired) electrons. The van der Waals surface area contributed by atoms with Gasteiger partial charge in [0.2, 0.25) is 0 Å². The van der Waals surface area contributed by atoms with E-state index in [2.05, 4.69) is 33.6 Å². The summed E-state index contributed by atoms with van der Waals surface area (Å²) in [6.45, 7) is 4.21. The number of rotatable bonds is 4. The minimum Gasteiger partial charge on any atom is -0.302 e. The molecular weight excluding hydrogens is 232 g/mol. The van der Waals surface area contributed by atoms with Crippen LogP contribution in [-0.4, -0.2) is 19.7 Å². The summed E-state index contributed by atoms with van der Waals surface area (Å²) in [5, 5.41) is 7.12. The van der Waals surface area contributed by atoms with Gasteiger partial charge in [0, 0.05) is 24.4 Å². The van der Waals surface area contributed by atoms with Crippen LogP contribution in [0.25, 0.3) is 0 Å². The van der Waals surface area contributed by atoms with Gasteiger partial charge in [-0.2, -0.15) is 5.10 Å². The lowest BCUT2D eigenvalue weighted by molar-refractivity contribution is 0.559. The fraction of sp³-hybridized carbons (Fsp3) is 0.417. The van der Waals surface area contributed by atoms with E-state index in [1.807, 2.05) is 24.4 Å². The highest BCUT2D eigenvalue weighted by molar-refractivity contribution is 7.71. The number of aromatic nitrogens is 4. The van der Waals surface area contributed by atoms with Gasteiger partial charge < -0.3 is 4.57 Å². The molecule has 90 valence electrons. The molecule has 2 aromatic rings. The summed E-state index contributed by atoms with van der Waals surface area (Å²) in [5.41, 5.74) is 1.08. The van der Waals surface area contributed by atoms with Gasteiger partial charge in [0.1, 0.15) is 5.82 Å². The minimum absolute atomic E-state index is 0.333. The molecule has 0 aliphatic rings. The van der Waals surface area contributed by atoms with E-state index in [-0.39, 0.29) is 0 Å². The van der Waals surface area contributed by atoms with Crippen LogP contribution in [0.15, 0.2) is 24.4 Å². The van der Waals surface area contributed by atoms with E-state index >= 15 is 0 Å². The van der Waals surface area contributed by atoms with Crippen LogP contribution in [0.2, 0.25) is 0 Å². The van der Waals surface area contributed by atoms with Crippen molar-refractivity contribution in [3.8, 4) is 0 Å². The van der Waals surface area contributed by atoms with E-state index in [0.717, 1.165) is 24.4 Å². The Morgan fingerprint density at radius 2 is 2.18 bits per heavy atom. The molecule has 2 rings (SSSR count). The predicted molar refractivity (Wildman–Crippen MR) is 69.4 cm³/mol. The van der Waals surface area contributed by atoms with E-state index in [1.165, 1.54) is 0 Å². The predicted octanol–water partition coefficient (Wildman–Crippen LogP) is 2.70. The number of pyridine rings is 1. The molecule has 4 nitrogen and oxygen atoms in total. The first-order valence-electron chi connectivity index (χ1n) is 5.74. The Labute approximate surface area is 106 Å². The molecule has 2 aromatic heterocycles. The van der Waals surface area contributed by atoms with E-state index in [9.17, 15) is 0 Å². The van der Waals surface area contributed by atoms with Crippen molar-refractivity contribution >= 4 is 12.2 Å². The summed E-state index contributed by atoms with van der Waals surface area (Å²) < 4.78 is 2.74. The normalized spacial score (nSPS) is 11.0. The molecule has 0 aromatic carbocycles. The number of hydrogen-bond donors (Lipinski definition) is 1. The van der Waals surface area contributed by atoms with Crippen LogP contribution in [0.5, 0.6) is 0 Å². The smallest absolute Gasteiger partial charge is 0.195 e. The van der Waals surface area contributed by atoms with Crippen LogP contribution >= 0.6 is 12.2 Å². The average molecular weight is 248 g/mol. The van der Waals surface area contributed by atoms with E-state index in [0.29, 0.717) is 10.8 Å². The number of aryl methyl sites for hydroxylation is 2. The zero-order chi connectivity index (χ0) is 12.3. The third-order valence-electron chi connectivity index (χ3n) is 2.62. The molecule has 0 saturated carbocycles. The zero-order valence-electron chi connectivity index (χ0n) is 10.1. The zero-order valence-corrected chi connectivity index (χ0v) is 10.9. The summed E-state index contributed by atoms with van der Waals surface area (Å²) in [7, 11) is 0. The molecular formula is C12H16N4S. The van der Waals surface area contributed by atoms with Gasteiger partial charge >= 0.3 is 0 Å². The minimum atomic E-state index is 0.333. The molecule has 5 heteroatoms. The van der Waals surface area contributed by atoms with Crippen molar-refractivity contribution in [2.45, 2.75) is 32.7 Å². The van der Waals surface area contributed by atoms with Gasteiger partial charge in [-0.1, -0.05) is 6.07 Å². The number of hydrogen-bond acceptors (Lipinski definition) is 3. The van der Waals surface area contributed by atoms with Gasteiger partial charge in [-0.25, -0.2) is 0 Å². The number of nitrogens with zero attached hydrogens (tertiary/aromatic N) is 3. The first kappa shape index (κ1) is 12.0. The Morgan fingerprint density at radius 3 is 2.82 bits per heavy atom. The van der Waals surface area contributed by atoms with Crippen molar-refractivity contribution in [1.29, 1.82) is 0 Å². The highest BCUT2D eigenvalue weighted by atomic mass is 32.1. The second-order valence-electron chi connectivity index (χ2n) is 4.23. The van der Waals surface area contributed by atoms with Gasteiger partial charge in [0.05, 0.1) is 0 Å². The summed E-state index contributed by atoms with van der Waals surface area (Å²) in [5.74, 6) is 0.996. The molecule has 0 fully saturated rings. The van der Waals surface area contributed by atoms with Gasteiger partial charge in [0.15, 0.2) is 4.77 Å². The van der Waals surface area contributed by atoms with E-state index < -0.39 is 0 Å². The number of nitrogens with one attached hydrogen (secondary N) is 1. The largest absolute Gasteiger partial charge is 0.302 e. The molecule has 17 heavy (non-hydrogen) atoms. The quantitative estimate of drug-likeness (QED) is 0.846. The van der Waals surface area contributed by atoms with Crippen molar-refractivity contribution in [2.24, 2.45) is 0 Å².